The minimum atomic E-state index is -0.980. The van der Waals surface area contributed by atoms with E-state index < -0.39 is 11.0 Å². The molecule has 0 saturated carbocycles. The molecule has 23 heavy (non-hydrogen) atoms. The summed E-state index contributed by atoms with van der Waals surface area (Å²) in [6.45, 7) is 6.75. The number of hydrogen-bond donors (Lipinski definition) is 0. The molecule has 1 aromatic heterocycles. The van der Waals surface area contributed by atoms with Gasteiger partial charge in [-0.2, -0.15) is 0 Å². The number of carbonyl (C=O) groups is 2. The zero-order valence-electron chi connectivity index (χ0n) is 13.5. The molecule has 0 unspecified atom stereocenters. The lowest BCUT2D eigenvalue weighted by Crippen LogP contribution is -2.19. The number of nitrogens with zero attached hydrogens (tertiary/aromatic N) is 1. The highest BCUT2D eigenvalue weighted by molar-refractivity contribution is 6.83. The fraction of sp³-hybridized carbons (Fsp3) is 0.333. The second kappa shape index (κ2) is 7.57. The molecular formula is C18H20ClNO3. The number of Topliss-reactive ketones (excluding diaryl/α,β-unsaturated/α-hetero) is 1. The summed E-state index contributed by atoms with van der Waals surface area (Å²) in [4.78, 5) is 23.8. The minimum Gasteiger partial charge on any atom is -0.377 e. The molecule has 1 heterocycles. The zero-order chi connectivity index (χ0) is 17.0. The summed E-state index contributed by atoms with van der Waals surface area (Å²) in [5.41, 5.74) is 2.80. The number of benzene rings is 1. The van der Waals surface area contributed by atoms with E-state index in [1.807, 2.05) is 57.2 Å². The van der Waals surface area contributed by atoms with Gasteiger partial charge in [0.25, 0.3) is 11.0 Å². The Morgan fingerprint density at radius 3 is 2.43 bits per heavy atom. The molecule has 0 amide bonds. The highest BCUT2D eigenvalue weighted by atomic mass is 35.5. The molecule has 2 aromatic rings. The van der Waals surface area contributed by atoms with Crippen LogP contribution < -0.4 is 0 Å². The molecule has 0 atom stereocenters. The standard InChI is InChI=1S/C18H20ClNO3/c1-12(2)23-10-9-20-13(3)11-15(14-7-5-4-6-8-14)16(20)17(21)18(19)22/h4-8,11-12H,9-10H2,1-3H3. The molecule has 0 aliphatic rings. The highest BCUT2D eigenvalue weighted by Crippen LogP contribution is 2.28. The van der Waals surface area contributed by atoms with Gasteiger partial charge in [-0.05, 0) is 44.0 Å². The Hall–Kier alpha value is -1.91. The summed E-state index contributed by atoms with van der Waals surface area (Å²) in [5, 5.41) is -0.980. The van der Waals surface area contributed by atoms with Crippen LogP contribution >= 0.6 is 11.6 Å². The van der Waals surface area contributed by atoms with Crippen LogP contribution in [0.4, 0.5) is 0 Å². The molecule has 0 aliphatic heterocycles. The molecule has 2 rings (SSSR count). The highest BCUT2D eigenvalue weighted by Gasteiger charge is 2.24. The van der Waals surface area contributed by atoms with Gasteiger partial charge in [0.1, 0.15) is 5.69 Å². The Bertz CT molecular complexity index is 705. The maximum atomic E-state index is 12.3. The molecule has 5 heteroatoms. The van der Waals surface area contributed by atoms with Gasteiger partial charge in [-0.15, -0.1) is 0 Å². The van der Waals surface area contributed by atoms with Crippen LogP contribution in [0.5, 0.6) is 0 Å². The summed E-state index contributed by atoms with van der Waals surface area (Å²) in [7, 11) is 0. The molecule has 0 spiro atoms. The van der Waals surface area contributed by atoms with E-state index in [2.05, 4.69) is 0 Å². The van der Waals surface area contributed by atoms with Crippen molar-refractivity contribution >= 4 is 22.6 Å². The first kappa shape index (κ1) is 17.4. The first-order chi connectivity index (χ1) is 10.9. The van der Waals surface area contributed by atoms with Gasteiger partial charge in [0.2, 0.25) is 0 Å². The summed E-state index contributed by atoms with van der Waals surface area (Å²) in [5.74, 6) is -0.692. The number of carbonyl (C=O) groups excluding carboxylic acids is 2. The van der Waals surface area contributed by atoms with E-state index in [1.54, 1.807) is 4.57 Å². The number of aromatic nitrogens is 1. The van der Waals surface area contributed by atoms with Crippen LogP contribution in [0.1, 0.15) is 30.0 Å². The van der Waals surface area contributed by atoms with Gasteiger partial charge < -0.3 is 9.30 Å². The molecular weight excluding hydrogens is 314 g/mol. The molecule has 0 fully saturated rings. The van der Waals surface area contributed by atoms with Crippen molar-refractivity contribution in [2.75, 3.05) is 6.61 Å². The molecule has 1 aromatic carbocycles. The maximum Gasteiger partial charge on any atom is 0.294 e. The van der Waals surface area contributed by atoms with Crippen molar-refractivity contribution in [2.24, 2.45) is 0 Å². The Kier molecular flexibility index (Phi) is 5.74. The SMILES string of the molecule is Cc1cc(-c2ccccc2)c(C(=O)C(=O)Cl)n1CCOC(C)C. The van der Waals surface area contributed by atoms with Gasteiger partial charge in [-0.3, -0.25) is 9.59 Å². The lowest BCUT2D eigenvalue weighted by Gasteiger charge is -2.13. The second-order valence-corrected chi connectivity index (χ2v) is 5.93. The van der Waals surface area contributed by atoms with Crippen molar-refractivity contribution in [3.8, 4) is 11.1 Å². The number of ketones is 1. The predicted molar refractivity (Wildman–Crippen MR) is 90.9 cm³/mol. The van der Waals surface area contributed by atoms with Crippen LogP contribution in [-0.4, -0.2) is 28.3 Å². The Morgan fingerprint density at radius 1 is 1.22 bits per heavy atom. The van der Waals surface area contributed by atoms with Gasteiger partial charge in [-0.25, -0.2) is 0 Å². The molecule has 122 valence electrons. The van der Waals surface area contributed by atoms with E-state index in [4.69, 9.17) is 16.3 Å². The monoisotopic (exact) mass is 333 g/mol. The number of aryl methyl sites for hydroxylation is 1. The summed E-state index contributed by atoms with van der Waals surface area (Å²) in [6, 6.07) is 11.4. The van der Waals surface area contributed by atoms with E-state index >= 15 is 0 Å². The van der Waals surface area contributed by atoms with Gasteiger partial charge in [0.05, 0.1) is 12.7 Å². The van der Waals surface area contributed by atoms with Crippen molar-refractivity contribution in [3.63, 3.8) is 0 Å². The van der Waals surface area contributed by atoms with Gasteiger partial charge in [0.15, 0.2) is 0 Å². The van der Waals surface area contributed by atoms with E-state index in [0.717, 1.165) is 11.3 Å². The van der Waals surface area contributed by atoms with Crippen molar-refractivity contribution in [3.05, 3.63) is 47.8 Å². The number of ether oxygens (including phenoxy) is 1. The molecule has 0 saturated heterocycles. The average molecular weight is 334 g/mol. The van der Waals surface area contributed by atoms with Crippen molar-refractivity contribution in [1.29, 1.82) is 0 Å². The van der Waals surface area contributed by atoms with Gasteiger partial charge in [0, 0.05) is 17.8 Å². The Morgan fingerprint density at radius 2 is 1.87 bits per heavy atom. The minimum absolute atomic E-state index is 0.105. The second-order valence-electron chi connectivity index (χ2n) is 5.59. The van der Waals surface area contributed by atoms with Crippen molar-refractivity contribution < 1.29 is 14.3 Å². The van der Waals surface area contributed by atoms with E-state index in [-0.39, 0.29) is 6.10 Å². The van der Waals surface area contributed by atoms with Crippen LogP contribution in [0.15, 0.2) is 36.4 Å². The van der Waals surface area contributed by atoms with Crippen LogP contribution in [-0.2, 0) is 16.1 Å². The Labute approximate surface area is 141 Å². The molecule has 0 radical (unpaired) electrons. The number of halogens is 1. The lowest BCUT2D eigenvalue weighted by atomic mass is 10.0. The van der Waals surface area contributed by atoms with E-state index in [0.29, 0.717) is 24.4 Å². The smallest absolute Gasteiger partial charge is 0.294 e. The van der Waals surface area contributed by atoms with Crippen molar-refractivity contribution in [1.82, 2.24) is 4.57 Å². The first-order valence-electron chi connectivity index (χ1n) is 7.53. The topological polar surface area (TPSA) is 48.3 Å². The zero-order valence-corrected chi connectivity index (χ0v) is 14.3. The third-order valence-electron chi connectivity index (χ3n) is 3.55. The van der Waals surface area contributed by atoms with Crippen LogP contribution in [0.3, 0.4) is 0 Å². The largest absolute Gasteiger partial charge is 0.377 e. The van der Waals surface area contributed by atoms with Crippen LogP contribution in [0.2, 0.25) is 0 Å². The Balaban J connectivity index is 2.47. The van der Waals surface area contributed by atoms with E-state index in [9.17, 15) is 9.59 Å². The third kappa shape index (κ3) is 4.09. The molecule has 0 aliphatic carbocycles. The van der Waals surface area contributed by atoms with E-state index in [1.165, 1.54) is 0 Å². The summed E-state index contributed by atoms with van der Waals surface area (Å²) in [6.07, 6.45) is 0.105. The summed E-state index contributed by atoms with van der Waals surface area (Å²) < 4.78 is 7.36. The van der Waals surface area contributed by atoms with Crippen LogP contribution in [0, 0.1) is 6.92 Å². The predicted octanol–water partition coefficient (Wildman–Crippen LogP) is 3.84. The van der Waals surface area contributed by atoms with Crippen molar-refractivity contribution in [2.45, 2.75) is 33.4 Å². The fourth-order valence-electron chi connectivity index (χ4n) is 2.52. The quantitative estimate of drug-likeness (QED) is 0.439. The number of hydrogen-bond acceptors (Lipinski definition) is 3. The molecule has 0 bridgehead atoms. The lowest BCUT2D eigenvalue weighted by molar-refractivity contribution is -0.108. The first-order valence-corrected chi connectivity index (χ1v) is 7.91. The number of rotatable bonds is 7. The van der Waals surface area contributed by atoms with Gasteiger partial charge >= 0.3 is 0 Å². The molecule has 4 nitrogen and oxygen atoms in total. The third-order valence-corrected chi connectivity index (χ3v) is 3.72. The normalized spacial score (nSPS) is 11.0. The summed E-state index contributed by atoms with van der Waals surface area (Å²) >= 11 is 5.45. The molecule has 0 N–H and O–H groups in total. The van der Waals surface area contributed by atoms with Crippen LogP contribution in [0.25, 0.3) is 11.1 Å². The van der Waals surface area contributed by atoms with Gasteiger partial charge in [-0.1, -0.05) is 30.3 Å². The maximum absolute atomic E-state index is 12.3. The average Bonchev–Trinajstić information content (AvgIpc) is 2.84. The fourth-order valence-corrected chi connectivity index (χ4v) is 2.61.